The molecule has 0 atom stereocenters. The number of carbonyl (C=O) groups excluding carboxylic acids is 2. The number of furan rings is 1. The van der Waals surface area contributed by atoms with E-state index in [2.05, 4.69) is 0 Å². The molecule has 3 rings (SSSR count). The number of fused-ring (bicyclic) bond motifs is 1. The molecule has 0 aliphatic rings. The van der Waals surface area contributed by atoms with Crippen molar-refractivity contribution in [1.82, 2.24) is 4.57 Å². The Kier molecular flexibility index (Phi) is 3.55. The van der Waals surface area contributed by atoms with Crippen LogP contribution in [0.2, 0.25) is 0 Å². The number of nitrogens with zero attached hydrogens (tertiary/aromatic N) is 1. The number of alkyl halides is 3. The molecule has 4 nitrogen and oxygen atoms in total. The lowest BCUT2D eigenvalue weighted by molar-refractivity contribution is -0.153. The molecule has 0 spiro atoms. The first-order valence-electron chi connectivity index (χ1n) is 6.63. The molecule has 23 heavy (non-hydrogen) atoms. The molecular formula is C16H10F3NO3. The summed E-state index contributed by atoms with van der Waals surface area (Å²) in [5.74, 6) is -1.66. The molecule has 2 heterocycles. The smallest absolute Gasteiger partial charge is 0.449 e. The van der Waals surface area contributed by atoms with Gasteiger partial charge in [-0.2, -0.15) is 13.2 Å². The van der Waals surface area contributed by atoms with Crippen LogP contribution in [0.15, 0.2) is 47.0 Å². The van der Waals surface area contributed by atoms with Gasteiger partial charge in [0.1, 0.15) is 5.76 Å². The monoisotopic (exact) mass is 321 g/mol. The van der Waals surface area contributed by atoms with Gasteiger partial charge in [-0.25, -0.2) is 0 Å². The lowest BCUT2D eigenvalue weighted by Crippen LogP contribution is -2.03. The number of aromatic nitrogens is 1. The second-order valence-electron chi connectivity index (χ2n) is 4.93. The molecular weight excluding hydrogens is 311 g/mol. The molecule has 118 valence electrons. The number of aldehydes is 1. The highest BCUT2D eigenvalue weighted by atomic mass is 19.4. The van der Waals surface area contributed by atoms with Gasteiger partial charge in [-0.3, -0.25) is 9.59 Å². The summed E-state index contributed by atoms with van der Waals surface area (Å²) in [5.41, 5.74) is 0.834. The van der Waals surface area contributed by atoms with Crippen LogP contribution in [-0.4, -0.2) is 16.6 Å². The molecule has 0 unspecified atom stereocenters. The summed E-state index contributed by atoms with van der Waals surface area (Å²) < 4.78 is 44.1. The number of ketones is 1. The van der Waals surface area contributed by atoms with E-state index in [4.69, 9.17) is 4.42 Å². The Morgan fingerprint density at radius 2 is 1.91 bits per heavy atom. The largest absolute Gasteiger partial charge is 0.455 e. The summed E-state index contributed by atoms with van der Waals surface area (Å²) in [6.07, 6.45) is -2.90. The molecule has 0 aliphatic heterocycles. The highest BCUT2D eigenvalue weighted by Gasteiger charge is 2.34. The van der Waals surface area contributed by atoms with Crippen LogP contribution >= 0.6 is 0 Å². The molecule has 0 saturated heterocycles. The number of halogens is 3. The fraction of sp³-hybridized carbons (Fsp3) is 0.125. The van der Waals surface area contributed by atoms with Crippen molar-refractivity contribution >= 4 is 23.0 Å². The number of Topliss-reactive ketones (excluding diaryl/α,β-unsaturated/α-hetero) is 1. The van der Waals surface area contributed by atoms with Crippen molar-refractivity contribution in [3.8, 4) is 0 Å². The van der Waals surface area contributed by atoms with E-state index < -0.39 is 17.7 Å². The van der Waals surface area contributed by atoms with Crippen LogP contribution in [0, 0.1) is 0 Å². The maximum absolute atomic E-state index is 12.6. The van der Waals surface area contributed by atoms with Crippen molar-refractivity contribution in [2.45, 2.75) is 12.7 Å². The molecule has 0 fully saturated rings. The first kappa shape index (κ1) is 15.1. The van der Waals surface area contributed by atoms with Gasteiger partial charge >= 0.3 is 6.18 Å². The summed E-state index contributed by atoms with van der Waals surface area (Å²) in [6, 6.07) is 8.92. The lowest BCUT2D eigenvalue weighted by Gasteiger charge is -2.04. The van der Waals surface area contributed by atoms with Gasteiger partial charge in [-0.05, 0) is 18.2 Å². The minimum atomic E-state index is -4.55. The summed E-state index contributed by atoms with van der Waals surface area (Å²) in [6.45, 7) is 0.0166. The SMILES string of the molecule is O=CC(=O)c1cn(Cc2ccc(C(F)(F)F)o2)c2ccccc12. The quantitative estimate of drug-likeness (QED) is 0.418. The third-order valence-electron chi connectivity index (χ3n) is 3.43. The Balaban J connectivity index is 2.02. The molecule has 1 aromatic carbocycles. The van der Waals surface area contributed by atoms with Gasteiger partial charge in [0.05, 0.1) is 12.1 Å². The van der Waals surface area contributed by atoms with E-state index in [-0.39, 0.29) is 24.2 Å². The molecule has 0 amide bonds. The Labute approximate surface area is 128 Å². The van der Waals surface area contributed by atoms with Crippen molar-refractivity contribution in [3.63, 3.8) is 0 Å². The van der Waals surface area contributed by atoms with Crippen LogP contribution in [0.4, 0.5) is 13.2 Å². The van der Waals surface area contributed by atoms with E-state index in [0.717, 1.165) is 6.07 Å². The Bertz CT molecular complexity index is 889. The number of hydrogen-bond acceptors (Lipinski definition) is 3. The van der Waals surface area contributed by atoms with Crippen molar-refractivity contribution in [2.75, 3.05) is 0 Å². The van der Waals surface area contributed by atoms with E-state index in [1.54, 1.807) is 28.8 Å². The van der Waals surface area contributed by atoms with Gasteiger partial charge in [0.25, 0.3) is 0 Å². The van der Waals surface area contributed by atoms with Crippen LogP contribution in [0.1, 0.15) is 21.9 Å². The molecule has 0 N–H and O–H groups in total. The topological polar surface area (TPSA) is 52.2 Å². The molecule has 0 bridgehead atoms. The maximum Gasteiger partial charge on any atom is 0.449 e. The van der Waals surface area contributed by atoms with Gasteiger partial charge in [-0.1, -0.05) is 18.2 Å². The number of rotatable bonds is 4. The summed E-state index contributed by atoms with van der Waals surface area (Å²) in [5, 5.41) is 0.562. The molecule has 7 heteroatoms. The second kappa shape index (κ2) is 5.42. The minimum Gasteiger partial charge on any atom is -0.455 e. The van der Waals surface area contributed by atoms with Crippen LogP contribution in [0.25, 0.3) is 10.9 Å². The Hall–Kier alpha value is -2.83. The predicted octanol–water partition coefficient (Wildman–Crippen LogP) is 3.68. The Morgan fingerprint density at radius 1 is 1.17 bits per heavy atom. The van der Waals surface area contributed by atoms with E-state index in [0.29, 0.717) is 10.9 Å². The van der Waals surface area contributed by atoms with Gasteiger partial charge in [0.2, 0.25) is 11.5 Å². The average molecular weight is 321 g/mol. The van der Waals surface area contributed by atoms with Gasteiger partial charge < -0.3 is 8.98 Å². The summed E-state index contributed by atoms with van der Waals surface area (Å²) in [4.78, 5) is 22.4. The number of hydrogen-bond donors (Lipinski definition) is 0. The minimum absolute atomic E-state index is 0.0166. The summed E-state index contributed by atoms with van der Waals surface area (Å²) in [7, 11) is 0. The molecule has 2 aromatic heterocycles. The van der Waals surface area contributed by atoms with Crippen LogP contribution < -0.4 is 0 Å². The highest BCUT2D eigenvalue weighted by molar-refractivity contribution is 6.36. The normalized spacial score (nSPS) is 11.8. The van der Waals surface area contributed by atoms with Crippen LogP contribution in [0.3, 0.4) is 0 Å². The van der Waals surface area contributed by atoms with Gasteiger partial charge in [-0.15, -0.1) is 0 Å². The van der Waals surface area contributed by atoms with Gasteiger partial charge in [0, 0.05) is 17.1 Å². The Morgan fingerprint density at radius 3 is 2.57 bits per heavy atom. The third kappa shape index (κ3) is 2.77. The molecule has 0 aliphatic carbocycles. The van der Waals surface area contributed by atoms with Crippen molar-refractivity contribution < 1.29 is 27.2 Å². The van der Waals surface area contributed by atoms with E-state index >= 15 is 0 Å². The number of benzene rings is 1. The number of para-hydroxylation sites is 1. The fourth-order valence-corrected chi connectivity index (χ4v) is 2.42. The predicted molar refractivity (Wildman–Crippen MR) is 75.1 cm³/mol. The van der Waals surface area contributed by atoms with Gasteiger partial charge in [0.15, 0.2) is 6.29 Å². The zero-order valence-electron chi connectivity index (χ0n) is 11.6. The zero-order valence-corrected chi connectivity index (χ0v) is 11.6. The van der Waals surface area contributed by atoms with Crippen LogP contribution in [-0.2, 0) is 17.5 Å². The second-order valence-corrected chi connectivity index (χ2v) is 4.93. The molecule has 0 saturated carbocycles. The van der Waals surface area contributed by atoms with E-state index in [9.17, 15) is 22.8 Å². The van der Waals surface area contributed by atoms with Crippen molar-refractivity contribution in [3.05, 3.63) is 59.7 Å². The van der Waals surface area contributed by atoms with Crippen LogP contribution in [0.5, 0.6) is 0 Å². The van der Waals surface area contributed by atoms with E-state index in [1.807, 2.05) is 0 Å². The average Bonchev–Trinajstić information content (AvgIpc) is 3.12. The van der Waals surface area contributed by atoms with E-state index in [1.165, 1.54) is 12.3 Å². The highest BCUT2D eigenvalue weighted by Crippen LogP contribution is 2.31. The standard InChI is InChI=1S/C16H10F3NO3/c17-16(18,19)15-6-5-10(23-15)7-20-8-12(14(22)9-21)11-3-1-2-4-13(11)20/h1-6,8-9H,7H2. The first-order valence-corrected chi connectivity index (χ1v) is 6.63. The molecule has 0 radical (unpaired) electrons. The first-order chi connectivity index (χ1) is 10.9. The molecule has 3 aromatic rings. The zero-order chi connectivity index (χ0) is 16.6. The fourth-order valence-electron chi connectivity index (χ4n) is 2.42. The maximum atomic E-state index is 12.6. The third-order valence-corrected chi connectivity index (χ3v) is 3.43. The number of carbonyl (C=O) groups is 2. The lowest BCUT2D eigenvalue weighted by atomic mass is 10.1. The summed E-state index contributed by atoms with van der Waals surface area (Å²) >= 11 is 0. The van der Waals surface area contributed by atoms with Crippen molar-refractivity contribution in [1.29, 1.82) is 0 Å². The van der Waals surface area contributed by atoms with Crippen molar-refractivity contribution in [2.24, 2.45) is 0 Å².